The zero-order valence-corrected chi connectivity index (χ0v) is 32.8. The van der Waals surface area contributed by atoms with Gasteiger partial charge in [0.1, 0.15) is 23.7 Å². The zero-order chi connectivity index (χ0) is 43.0. The molecule has 5 aromatic carbocycles. The minimum absolute atomic E-state index is 0.0121. The second-order valence-corrected chi connectivity index (χ2v) is 14.3. The summed E-state index contributed by atoms with van der Waals surface area (Å²) in [6, 6.07) is 24.9. The number of aryl methyl sites for hydroxylation is 1. The molecule has 14 nitrogen and oxygen atoms in total. The van der Waals surface area contributed by atoms with Crippen molar-refractivity contribution >= 4 is 53.4 Å². The second kappa shape index (κ2) is 18.5. The minimum Gasteiger partial charge on any atom is -0.457 e. The maximum atomic E-state index is 13.6. The Balaban J connectivity index is 1.02. The van der Waals surface area contributed by atoms with E-state index in [1.807, 2.05) is 24.3 Å². The molecule has 2 aliphatic heterocycles. The number of anilines is 1. The third-order valence-corrected chi connectivity index (χ3v) is 9.96. The first-order valence-electron chi connectivity index (χ1n) is 19.5. The van der Waals surface area contributed by atoms with Crippen LogP contribution < -0.4 is 14.8 Å². The molecule has 0 saturated carbocycles. The third-order valence-electron chi connectivity index (χ3n) is 9.96. The molecule has 5 aromatic rings. The van der Waals surface area contributed by atoms with Gasteiger partial charge >= 0.3 is 41.8 Å². The molecule has 0 fully saturated rings. The molecule has 1 N–H and O–H groups in total. The van der Waals surface area contributed by atoms with Gasteiger partial charge in [-0.2, -0.15) is 0 Å². The van der Waals surface area contributed by atoms with E-state index in [4.69, 9.17) is 14.2 Å². The Kier molecular flexibility index (Phi) is 12.5. The van der Waals surface area contributed by atoms with Crippen LogP contribution in [-0.4, -0.2) is 47.7 Å². The number of fused-ring (bicyclic) bond motifs is 2. The number of unbranched alkanes of at least 4 members (excludes halogenated alkanes) is 5. The number of carbonyl (C=O) groups is 8. The molecule has 2 heterocycles. The predicted molar refractivity (Wildman–Crippen MR) is 216 cm³/mol. The summed E-state index contributed by atoms with van der Waals surface area (Å²) in [6.07, 6.45) is 8.30. The van der Waals surface area contributed by atoms with Crippen molar-refractivity contribution in [2.45, 2.75) is 58.5 Å². The summed E-state index contributed by atoms with van der Waals surface area (Å²) in [5.74, 6) is -7.35. The van der Waals surface area contributed by atoms with Crippen LogP contribution in [0.3, 0.4) is 0 Å². The van der Waals surface area contributed by atoms with E-state index in [1.165, 1.54) is 74.1 Å². The van der Waals surface area contributed by atoms with Crippen LogP contribution in [0.5, 0.6) is 11.5 Å². The van der Waals surface area contributed by atoms with E-state index in [9.17, 15) is 38.4 Å². The van der Waals surface area contributed by atoms with E-state index in [2.05, 4.69) is 21.7 Å². The summed E-state index contributed by atoms with van der Waals surface area (Å²) in [4.78, 5) is 101. The van der Waals surface area contributed by atoms with Gasteiger partial charge in [0.05, 0.1) is 33.4 Å². The number of benzene rings is 5. The van der Waals surface area contributed by atoms with E-state index in [-0.39, 0.29) is 63.0 Å². The van der Waals surface area contributed by atoms with Crippen LogP contribution in [0.15, 0.2) is 103 Å². The van der Waals surface area contributed by atoms with Crippen molar-refractivity contribution in [3.8, 4) is 11.5 Å². The summed E-state index contributed by atoms with van der Waals surface area (Å²) >= 11 is 0. The quantitative estimate of drug-likeness (QED) is 0.0329. The number of hydrogen-bond donors (Lipinski definition) is 1. The Labute approximate surface area is 348 Å². The highest BCUT2D eigenvalue weighted by Gasteiger charge is 2.32. The van der Waals surface area contributed by atoms with Gasteiger partial charge in [-0.15, -0.1) is 0 Å². The van der Waals surface area contributed by atoms with Crippen molar-refractivity contribution in [3.63, 3.8) is 0 Å². The molecule has 7 rings (SSSR count). The third kappa shape index (κ3) is 9.77. The van der Waals surface area contributed by atoms with Gasteiger partial charge in [-0.05, 0) is 103 Å². The molecular formula is C47H37NO13. The van der Waals surface area contributed by atoms with Gasteiger partial charge in [0.2, 0.25) is 0 Å². The van der Waals surface area contributed by atoms with Gasteiger partial charge in [-0.3, -0.25) is 4.79 Å². The van der Waals surface area contributed by atoms with E-state index in [1.54, 1.807) is 24.3 Å². The fourth-order valence-corrected chi connectivity index (χ4v) is 6.62. The molecule has 1 amide bonds. The maximum Gasteiger partial charge on any atom is 0.346 e. The molecule has 0 unspecified atom stereocenters. The van der Waals surface area contributed by atoms with Crippen molar-refractivity contribution in [2.75, 3.05) is 5.32 Å². The standard InChI is InChI=1S/C47H37NO13/c1-2-3-4-5-6-7-8-27-11-17-32(18-12-27)48-40(49)29-13-9-28(10-14-29)26-57-43(52)38-25-33(58-41(50)30-15-20-34-36(23-30)46(55)60-44(34)53)19-22-39(38)59-42(51)31-16-21-35-37(24-31)47(56)61-45(35)54/h9-25H,2-8,26H2,1H3,(H,48,49). The Morgan fingerprint density at radius 3 is 1.69 bits per heavy atom. The molecule has 0 radical (unpaired) electrons. The largest absolute Gasteiger partial charge is 0.457 e. The van der Waals surface area contributed by atoms with Crippen molar-refractivity contribution < 1.29 is 62.0 Å². The summed E-state index contributed by atoms with van der Waals surface area (Å²) in [7, 11) is 0. The summed E-state index contributed by atoms with van der Waals surface area (Å²) in [5, 5.41) is 2.89. The van der Waals surface area contributed by atoms with E-state index >= 15 is 0 Å². The minimum atomic E-state index is -1.01. The number of esters is 7. The van der Waals surface area contributed by atoms with Gasteiger partial charge in [-0.1, -0.05) is 63.3 Å². The number of nitrogens with one attached hydrogen (secondary N) is 1. The summed E-state index contributed by atoms with van der Waals surface area (Å²) < 4.78 is 25.7. The average Bonchev–Trinajstić information content (AvgIpc) is 3.72. The van der Waals surface area contributed by atoms with E-state index in [0.717, 1.165) is 31.0 Å². The van der Waals surface area contributed by atoms with Crippen LogP contribution in [0.25, 0.3) is 0 Å². The molecular weight excluding hydrogens is 787 g/mol. The molecule has 2 aliphatic rings. The lowest BCUT2D eigenvalue weighted by Crippen LogP contribution is -2.15. The highest BCUT2D eigenvalue weighted by molar-refractivity contribution is 6.16. The van der Waals surface area contributed by atoms with E-state index in [0.29, 0.717) is 16.8 Å². The number of hydrogen-bond acceptors (Lipinski definition) is 13. The predicted octanol–water partition coefficient (Wildman–Crippen LogP) is 8.26. The van der Waals surface area contributed by atoms with Gasteiger partial charge in [0.25, 0.3) is 5.91 Å². The molecule has 0 aliphatic carbocycles. The molecule has 0 aromatic heterocycles. The second-order valence-electron chi connectivity index (χ2n) is 14.3. The molecule has 308 valence electrons. The van der Waals surface area contributed by atoms with Crippen LogP contribution in [0.2, 0.25) is 0 Å². The first kappa shape index (κ1) is 41.4. The van der Waals surface area contributed by atoms with Crippen LogP contribution >= 0.6 is 0 Å². The van der Waals surface area contributed by atoms with Crippen LogP contribution in [0.1, 0.15) is 139 Å². The summed E-state index contributed by atoms with van der Waals surface area (Å²) in [5.41, 5.74) is 1.86. The van der Waals surface area contributed by atoms with Crippen LogP contribution in [0, 0.1) is 0 Å². The molecule has 0 atom stereocenters. The number of ether oxygens (including phenoxy) is 5. The topological polar surface area (TPSA) is 195 Å². The zero-order valence-electron chi connectivity index (χ0n) is 32.8. The Bertz CT molecular complexity index is 2590. The number of carbonyl (C=O) groups excluding carboxylic acids is 8. The van der Waals surface area contributed by atoms with Crippen molar-refractivity contribution in [3.05, 3.63) is 159 Å². The molecule has 14 heteroatoms. The van der Waals surface area contributed by atoms with Crippen LogP contribution in [0.4, 0.5) is 5.69 Å². The van der Waals surface area contributed by atoms with Gasteiger partial charge in [0.15, 0.2) is 0 Å². The first-order chi connectivity index (χ1) is 29.5. The maximum absolute atomic E-state index is 13.6. The van der Waals surface area contributed by atoms with Crippen molar-refractivity contribution in [2.24, 2.45) is 0 Å². The lowest BCUT2D eigenvalue weighted by Gasteiger charge is -2.13. The van der Waals surface area contributed by atoms with Crippen molar-refractivity contribution in [1.82, 2.24) is 0 Å². The number of rotatable bonds is 16. The lowest BCUT2D eigenvalue weighted by molar-refractivity contribution is 0.0425. The molecule has 0 spiro atoms. The van der Waals surface area contributed by atoms with Gasteiger partial charge in [0, 0.05) is 11.3 Å². The molecule has 0 saturated heterocycles. The highest BCUT2D eigenvalue weighted by atomic mass is 16.6. The summed E-state index contributed by atoms with van der Waals surface area (Å²) in [6.45, 7) is 1.93. The van der Waals surface area contributed by atoms with Gasteiger partial charge in [-0.25, -0.2) is 33.6 Å². The number of amides is 1. The normalized spacial score (nSPS) is 12.5. The Hall–Kier alpha value is -7.74. The lowest BCUT2D eigenvalue weighted by atomic mass is 10.0. The Morgan fingerprint density at radius 2 is 1.07 bits per heavy atom. The SMILES string of the molecule is CCCCCCCCc1ccc(NC(=O)c2ccc(COC(=O)c3cc(OC(=O)c4ccc5c(c4)C(=O)OC5=O)ccc3OC(=O)c3ccc4c(c3)C(=O)OC4=O)cc2)cc1. The number of cyclic esters (lactones) is 4. The fourth-order valence-electron chi connectivity index (χ4n) is 6.62. The van der Waals surface area contributed by atoms with Crippen LogP contribution in [-0.2, 0) is 27.2 Å². The molecule has 0 bridgehead atoms. The smallest absolute Gasteiger partial charge is 0.346 e. The van der Waals surface area contributed by atoms with Crippen molar-refractivity contribution in [1.29, 1.82) is 0 Å². The van der Waals surface area contributed by atoms with E-state index < -0.39 is 41.8 Å². The fraction of sp³-hybridized carbons (Fsp3) is 0.191. The molecule has 61 heavy (non-hydrogen) atoms. The average molecular weight is 824 g/mol. The van der Waals surface area contributed by atoms with Gasteiger partial charge < -0.3 is 29.0 Å². The monoisotopic (exact) mass is 823 g/mol. The highest BCUT2D eigenvalue weighted by Crippen LogP contribution is 2.29. The first-order valence-corrected chi connectivity index (χ1v) is 19.5. The Morgan fingerprint density at radius 1 is 0.525 bits per heavy atom.